The summed E-state index contributed by atoms with van der Waals surface area (Å²) in [5.41, 5.74) is 3.77. The van der Waals surface area contributed by atoms with Gasteiger partial charge in [-0.15, -0.1) is 11.3 Å². The third kappa shape index (κ3) is 4.39. The van der Waals surface area contributed by atoms with Gasteiger partial charge in [-0.2, -0.15) is 0 Å². The van der Waals surface area contributed by atoms with E-state index >= 15 is 0 Å². The van der Waals surface area contributed by atoms with Gasteiger partial charge in [0.2, 0.25) is 5.78 Å². The fourth-order valence-electron chi connectivity index (χ4n) is 3.94. The first kappa shape index (κ1) is 20.8. The van der Waals surface area contributed by atoms with E-state index in [9.17, 15) is 9.59 Å². The minimum atomic E-state index is -0.394. The quantitative estimate of drug-likeness (QED) is 0.485. The maximum atomic E-state index is 12.6. The predicted octanol–water partition coefficient (Wildman–Crippen LogP) is 4.37. The average Bonchev–Trinajstić information content (AvgIpc) is 3.24. The molecule has 1 aliphatic rings. The van der Waals surface area contributed by atoms with Gasteiger partial charge in [0.15, 0.2) is 6.61 Å². The van der Waals surface area contributed by atoms with E-state index in [1.165, 1.54) is 34.6 Å². The van der Waals surface area contributed by atoms with Crippen LogP contribution in [0.4, 0.5) is 0 Å². The zero-order chi connectivity index (χ0) is 20.3. The van der Waals surface area contributed by atoms with Gasteiger partial charge in [-0.3, -0.25) is 4.79 Å². The molecule has 6 heteroatoms. The molecule has 0 bridgehead atoms. The molecule has 2 aromatic heterocycles. The van der Waals surface area contributed by atoms with E-state index in [2.05, 4.69) is 11.5 Å². The normalized spacial score (nSPS) is 16.1. The van der Waals surface area contributed by atoms with E-state index in [1.54, 1.807) is 7.11 Å². The summed E-state index contributed by atoms with van der Waals surface area (Å²) in [6, 6.07) is 3.82. The number of fused-ring (bicyclic) bond motifs is 1. The highest BCUT2D eigenvalue weighted by Crippen LogP contribution is 2.33. The second kappa shape index (κ2) is 9.05. The third-order valence-electron chi connectivity index (χ3n) is 5.69. The summed E-state index contributed by atoms with van der Waals surface area (Å²) in [6.07, 6.45) is 4.45. The van der Waals surface area contributed by atoms with Crippen LogP contribution in [0.3, 0.4) is 0 Å². The molecule has 2 heterocycles. The second-order valence-corrected chi connectivity index (χ2v) is 8.64. The van der Waals surface area contributed by atoms with Crippen LogP contribution in [-0.4, -0.2) is 36.6 Å². The van der Waals surface area contributed by atoms with Gasteiger partial charge in [-0.05, 0) is 56.7 Å². The molecule has 2 aromatic rings. The number of carbonyl (C=O) groups is 2. The maximum absolute atomic E-state index is 12.6. The molecule has 0 fully saturated rings. The Kier molecular flexibility index (Phi) is 6.73. The Bertz CT molecular complexity index is 864. The number of hydrogen-bond acceptors (Lipinski definition) is 5. The van der Waals surface area contributed by atoms with Crippen LogP contribution < -0.4 is 0 Å². The van der Waals surface area contributed by atoms with Crippen LogP contribution in [0, 0.1) is 19.8 Å². The van der Waals surface area contributed by atoms with E-state index in [4.69, 9.17) is 9.47 Å². The molecule has 1 unspecified atom stereocenters. The lowest BCUT2D eigenvalue weighted by Gasteiger charge is -2.19. The minimum Gasteiger partial charge on any atom is -0.453 e. The SMILES string of the molecule is CCC1CCc2sc(C(=O)OCC(=O)c3cc(C)n(CCOC)c3C)cc2C1. The van der Waals surface area contributed by atoms with Gasteiger partial charge in [0, 0.05) is 35.5 Å². The lowest BCUT2D eigenvalue weighted by atomic mass is 9.87. The molecule has 152 valence electrons. The zero-order valence-electron chi connectivity index (χ0n) is 17.2. The first-order chi connectivity index (χ1) is 13.4. The lowest BCUT2D eigenvalue weighted by Crippen LogP contribution is -2.15. The number of ether oxygens (including phenoxy) is 2. The number of Topliss-reactive ketones (excluding diaryl/α,β-unsaturated/α-hetero) is 1. The van der Waals surface area contributed by atoms with Crippen molar-refractivity contribution in [2.75, 3.05) is 20.3 Å². The van der Waals surface area contributed by atoms with Gasteiger partial charge in [0.25, 0.3) is 0 Å². The summed E-state index contributed by atoms with van der Waals surface area (Å²) in [6.45, 7) is 7.14. The molecule has 1 atom stereocenters. The summed E-state index contributed by atoms with van der Waals surface area (Å²) in [4.78, 5) is 27.0. The predicted molar refractivity (Wildman–Crippen MR) is 111 cm³/mol. The molecule has 3 rings (SSSR count). The van der Waals surface area contributed by atoms with Gasteiger partial charge in [0.1, 0.15) is 4.88 Å². The number of hydrogen-bond donors (Lipinski definition) is 0. The van der Waals surface area contributed by atoms with Gasteiger partial charge in [-0.25, -0.2) is 4.79 Å². The number of aryl methyl sites for hydroxylation is 2. The van der Waals surface area contributed by atoms with Crippen molar-refractivity contribution < 1.29 is 19.1 Å². The fraction of sp³-hybridized carbons (Fsp3) is 0.545. The Morgan fingerprint density at radius 2 is 2.07 bits per heavy atom. The largest absolute Gasteiger partial charge is 0.453 e. The van der Waals surface area contributed by atoms with Crippen LogP contribution in [0.1, 0.15) is 61.6 Å². The molecule has 0 saturated heterocycles. The molecule has 0 N–H and O–H groups in total. The molecular weight excluding hydrogens is 374 g/mol. The first-order valence-corrected chi connectivity index (χ1v) is 10.7. The molecule has 0 aliphatic heterocycles. The van der Waals surface area contributed by atoms with Gasteiger partial charge >= 0.3 is 5.97 Å². The maximum Gasteiger partial charge on any atom is 0.348 e. The molecule has 5 nitrogen and oxygen atoms in total. The van der Waals surface area contributed by atoms with Crippen molar-refractivity contribution >= 4 is 23.1 Å². The van der Waals surface area contributed by atoms with E-state index in [0.29, 0.717) is 29.5 Å². The number of methoxy groups -OCH3 is 1. The van der Waals surface area contributed by atoms with E-state index in [1.807, 2.05) is 26.0 Å². The van der Waals surface area contributed by atoms with Gasteiger partial charge < -0.3 is 14.0 Å². The molecule has 0 amide bonds. The number of esters is 1. The molecule has 0 saturated carbocycles. The number of rotatable bonds is 8. The highest BCUT2D eigenvalue weighted by atomic mass is 32.1. The van der Waals surface area contributed by atoms with E-state index in [-0.39, 0.29) is 12.4 Å². The highest BCUT2D eigenvalue weighted by Gasteiger charge is 2.23. The van der Waals surface area contributed by atoms with Crippen molar-refractivity contribution in [2.45, 2.75) is 53.0 Å². The van der Waals surface area contributed by atoms with E-state index in [0.717, 1.165) is 24.2 Å². The smallest absolute Gasteiger partial charge is 0.348 e. The van der Waals surface area contributed by atoms with Crippen LogP contribution in [0.5, 0.6) is 0 Å². The molecule has 0 spiro atoms. The van der Waals surface area contributed by atoms with Crippen LogP contribution >= 0.6 is 11.3 Å². The lowest BCUT2D eigenvalue weighted by molar-refractivity contribution is 0.0479. The molecule has 0 aromatic carbocycles. The van der Waals surface area contributed by atoms with Crippen molar-refractivity contribution in [1.82, 2.24) is 4.57 Å². The second-order valence-electron chi connectivity index (χ2n) is 7.50. The van der Waals surface area contributed by atoms with Crippen molar-refractivity contribution in [3.05, 3.63) is 44.4 Å². The van der Waals surface area contributed by atoms with E-state index < -0.39 is 5.97 Å². The summed E-state index contributed by atoms with van der Waals surface area (Å²) in [7, 11) is 1.66. The number of aromatic nitrogens is 1. The van der Waals surface area contributed by atoms with Crippen molar-refractivity contribution in [3.63, 3.8) is 0 Å². The third-order valence-corrected chi connectivity index (χ3v) is 6.91. The Labute approximate surface area is 170 Å². The van der Waals surface area contributed by atoms with Crippen molar-refractivity contribution in [2.24, 2.45) is 5.92 Å². The Hall–Kier alpha value is -1.92. The van der Waals surface area contributed by atoms with Crippen LogP contribution in [0.15, 0.2) is 12.1 Å². The van der Waals surface area contributed by atoms with Crippen LogP contribution in [0.25, 0.3) is 0 Å². The fourth-order valence-corrected chi connectivity index (χ4v) is 5.04. The summed E-state index contributed by atoms with van der Waals surface area (Å²) >= 11 is 1.52. The summed E-state index contributed by atoms with van der Waals surface area (Å²) in [5, 5.41) is 0. The zero-order valence-corrected chi connectivity index (χ0v) is 18.0. The Morgan fingerprint density at radius 3 is 2.79 bits per heavy atom. The number of carbonyl (C=O) groups excluding carboxylic acids is 2. The highest BCUT2D eigenvalue weighted by molar-refractivity contribution is 7.14. The molecule has 0 radical (unpaired) electrons. The standard InChI is InChI=1S/C22H29NO4S/c1-5-16-6-7-20-17(11-16)12-21(28-20)22(25)27-13-19(24)18-10-14(2)23(15(18)3)8-9-26-4/h10,12,16H,5-9,11,13H2,1-4H3. The average molecular weight is 404 g/mol. The monoisotopic (exact) mass is 403 g/mol. The number of thiophene rings is 1. The molecule has 28 heavy (non-hydrogen) atoms. The Morgan fingerprint density at radius 1 is 1.29 bits per heavy atom. The number of ketones is 1. The van der Waals surface area contributed by atoms with Crippen LogP contribution in [0.2, 0.25) is 0 Å². The molecule has 1 aliphatic carbocycles. The summed E-state index contributed by atoms with van der Waals surface area (Å²) in [5.74, 6) is 0.146. The Balaban J connectivity index is 1.62. The molecular formula is C22H29NO4S. The minimum absolute atomic E-state index is 0.169. The van der Waals surface area contributed by atoms with Crippen molar-refractivity contribution in [1.29, 1.82) is 0 Å². The van der Waals surface area contributed by atoms with Crippen molar-refractivity contribution in [3.8, 4) is 0 Å². The van der Waals surface area contributed by atoms with Gasteiger partial charge in [0.05, 0.1) is 6.61 Å². The first-order valence-electron chi connectivity index (χ1n) is 9.92. The summed E-state index contributed by atoms with van der Waals surface area (Å²) < 4.78 is 12.5. The van der Waals surface area contributed by atoms with Crippen LogP contribution in [-0.2, 0) is 28.9 Å². The van der Waals surface area contributed by atoms with Gasteiger partial charge in [-0.1, -0.05) is 13.3 Å². The topological polar surface area (TPSA) is 57.5 Å². The number of nitrogens with zero attached hydrogens (tertiary/aromatic N) is 1.